The van der Waals surface area contributed by atoms with E-state index in [-0.39, 0.29) is 4.90 Å². The molecule has 0 fully saturated rings. The number of methoxy groups -OCH3 is 2. The molecule has 7 nitrogen and oxygen atoms in total. The highest BCUT2D eigenvalue weighted by Gasteiger charge is 2.19. The van der Waals surface area contributed by atoms with E-state index < -0.39 is 15.8 Å². The highest BCUT2D eigenvalue weighted by Crippen LogP contribution is 2.26. The summed E-state index contributed by atoms with van der Waals surface area (Å²) in [6.07, 6.45) is 1.51. The van der Waals surface area contributed by atoms with Gasteiger partial charge in [-0.3, -0.25) is 0 Å². The Morgan fingerprint density at radius 1 is 1.17 bits per heavy atom. The van der Waals surface area contributed by atoms with Gasteiger partial charge >= 0.3 is 5.97 Å². The molecule has 0 atom stereocenters. The molecule has 0 saturated carbocycles. The molecule has 3 aromatic rings. The number of aromatic nitrogens is 2. The average Bonchev–Trinajstić information content (AvgIpc) is 3.02. The summed E-state index contributed by atoms with van der Waals surface area (Å²) < 4.78 is 37.2. The predicted molar refractivity (Wildman–Crippen MR) is 113 cm³/mol. The molecule has 0 aliphatic carbocycles. The van der Waals surface area contributed by atoms with Crippen molar-refractivity contribution < 1.29 is 22.7 Å². The number of rotatable bonds is 7. The summed E-state index contributed by atoms with van der Waals surface area (Å²) in [5, 5.41) is 0. The number of carbonyl (C=O) groups is 1. The molecule has 29 heavy (non-hydrogen) atoms. The van der Waals surface area contributed by atoms with Crippen molar-refractivity contribution in [3.8, 4) is 0 Å². The van der Waals surface area contributed by atoms with E-state index >= 15 is 0 Å². The van der Waals surface area contributed by atoms with E-state index in [2.05, 4.69) is 20.9 Å². The van der Waals surface area contributed by atoms with Crippen molar-refractivity contribution in [3.63, 3.8) is 0 Å². The minimum atomic E-state index is -3.41. The summed E-state index contributed by atoms with van der Waals surface area (Å²) in [5.41, 5.74) is 2.54. The summed E-state index contributed by atoms with van der Waals surface area (Å²) >= 11 is 3.33. The maximum atomic E-state index is 12.3. The average molecular weight is 481 g/mol. The zero-order valence-corrected chi connectivity index (χ0v) is 18.7. The van der Waals surface area contributed by atoms with Gasteiger partial charge in [0.15, 0.2) is 9.84 Å². The SMILES string of the molecule is COCCn1c(Cc2ccc(Br)cc2S(C)(=O)=O)nc2ccc(C(=O)OC)cc21. The second kappa shape index (κ2) is 8.64. The fourth-order valence-electron chi connectivity index (χ4n) is 3.17. The fourth-order valence-corrected chi connectivity index (χ4v) is 4.64. The Morgan fingerprint density at radius 2 is 1.93 bits per heavy atom. The Hall–Kier alpha value is -2.23. The molecule has 9 heteroatoms. The van der Waals surface area contributed by atoms with Crippen LogP contribution in [0.25, 0.3) is 11.0 Å². The van der Waals surface area contributed by atoms with Crippen molar-refractivity contribution in [1.29, 1.82) is 0 Å². The van der Waals surface area contributed by atoms with Crippen LogP contribution in [0.4, 0.5) is 0 Å². The first-order valence-electron chi connectivity index (χ1n) is 8.79. The van der Waals surface area contributed by atoms with Gasteiger partial charge in [0.2, 0.25) is 0 Å². The maximum Gasteiger partial charge on any atom is 0.337 e. The lowest BCUT2D eigenvalue weighted by molar-refractivity contribution is 0.0601. The smallest absolute Gasteiger partial charge is 0.337 e. The second-order valence-corrected chi connectivity index (χ2v) is 9.47. The number of ether oxygens (including phenoxy) is 2. The molecule has 154 valence electrons. The number of sulfone groups is 1. The normalized spacial score (nSPS) is 11.7. The molecule has 1 heterocycles. The monoisotopic (exact) mass is 480 g/mol. The van der Waals surface area contributed by atoms with Gasteiger partial charge in [-0.1, -0.05) is 22.0 Å². The van der Waals surface area contributed by atoms with Crippen molar-refractivity contribution in [2.75, 3.05) is 27.1 Å². The summed E-state index contributed by atoms with van der Waals surface area (Å²) in [7, 11) is -0.470. The second-order valence-electron chi connectivity index (χ2n) is 6.57. The lowest BCUT2D eigenvalue weighted by Crippen LogP contribution is -2.11. The number of fused-ring (bicyclic) bond motifs is 1. The number of hydrogen-bond donors (Lipinski definition) is 0. The van der Waals surface area contributed by atoms with Crippen molar-refractivity contribution >= 4 is 42.8 Å². The first kappa shape index (κ1) is 21.5. The molecule has 0 radical (unpaired) electrons. The van der Waals surface area contributed by atoms with Crippen LogP contribution in [0.2, 0.25) is 0 Å². The van der Waals surface area contributed by atoms with Gasteiger partial charge in [-0.15, -0.1) is 0 Å². The first-order chi connectivity index (χ1) is 13.7. The molecule has 0 amide bonds. The van der Waals surface area contributed by atoms with E-state index in [1.807, 2.05) is 10.6 Å². The molecule has 0 aliphatic rings. The summed E-state index contributed by atoms with van der Waals surface area (Å²) in [6.45, 7) is 0.956. The van der Waals surface area contributed by atoms with Gasteiger partial charge in [-0.2, -0.15) is 0 Å². The predicted octanol–water partition coefficient (Wildman–Crippen LogP) is 3.23. The lowest BCUT2D eigenvalue weighted by atomic mass is 10.1. The molecule has 0 N–H and O–H groups in total. The topological polar surface area (TPSA) is 87.5 Å². The standard InChI is InChI=1S/C20H21BrN2O5S/c1-27-9-8-23-17-10-14(20(24)28-2)5-7-16(17)22-19(23)11-13-4-6-15(21)12-18(13)29(3,25)26/h4-7,10,12H,8-9,11H2,1-3H3. The third kappa shape index (κ3) is 4.68. The molecule has 0 unspecified atom stereocenters. The Bertz CT molecular complexity index is 1170. The molecular weight excluding hydrogens is 460 g/mol. The summed E-state index contributed by atoms with van der Waals surface area (Å²) in [6, 6.07) is 10.3. The van der Waals surface area contributed by atoms with Gasteiger partial charge in [0.1, 0.15) is 5.82 Å². The number of imidazole rings is 1. The molecule has 3 rings (SSSR count). The van der Waals surface area contributed by atoms with Crippen LogP contribution in [-0.2, 0) is 32.3 Å². The van der Waals surface area contributed by atoms with E-state index in [4.69, 9.17) is 9.47 Å². The summed E-state index contributed by atoms with van der Waals surface area (Å²) in [4.78, 5) is 16.9. The van der Waals surface area contributed by atoms with Crippen LogP contribution in [0.3, 0.4) is 0 Å². The highest BCUT2D eigenvalue weighted by atomic mass is 79.9. The number of carbonyl (C=O) groups excluding carboxylic acids is 1. The molecule has 0 aliphatic heterocycles. The van der Waals surface area contributed by atoms with Crippen LogP contribution in [-0.4, -0.2) is 51.0 Å². The van der Waals surface area contributed by atoms with Gasteiger partial charge in [0.05, 0.1) is 35.2 Å². The molecular formula is C20H21BrN2O5S. The van der Waals surface area contributed by atoms with Crippen LogP contribution in [0.5, 0.6) is 0 Å². The zero-order valence-electron chi connectivity index (χ0n) is 16.3. The highest BCUT2D eigenvalue weighted by molar-refractivity contribution is 9.10. The number of nitrogens with zero attached hydrogens (tertiary/aromatic N) is 2. The van der Waals surface area contributed by atoms with E-state index in [0.717, 1.165) is 5.52 Å². The third-order valence-corrected chi connectivity index (χ3v) is 6.22. The van der Waals surface area contributed by atoms with Crippen molar-refractivity contribution in [1.82, 2.24) is 9.55 Å². The van der Waals surface area contributed by atoms with Crippen molar-refractivity contribution in [2.24, 2.45) is 0 Å². The molecule has 0 saturated heterocycles. The van der Waals surface area contributed by atoms with Gasteiger partial charge in [0, 0.05) is 30.8 Å². The van der Waals surface area contributed by atoms with E-state index in [1.165, 1.54) is 13.4 Å². The molecule has 2 aromatic carbocycles. The molecule has 0 bridgehead atoms. The summed E-state index contributed by atoms with van der Waals surface area (Å²) in [5.74, 6) is 0.256. The number of halogens is 1. The Balaban J connectivity index is 2.13. The fraction of sp³-hybridized carbons (Fsp3) is 0.300. The number of hydrogen-bond acceptors (Lipinski definition) is 6. The van der Waals surface area contributed by atoms with Gasteiger partial charge in [-0.05, 0) is 35.9 Å². The van der Waals surface area contributed by atoms with Crippen LogP contribution in [0.1, 0.15) is 21.7 Å². The largest absolute Gasteiger partial charge is 0.465 e. The Labute approximate surface area is 177 Å². The van der Waals surface area contributed by atoms with Crippen LogP contribution >= 0.6 is 15.9 Å². The lowest BCUT2D eigenvalue weighted by Gasteiger charge is -2.12. The van der Waals surface area contributed by atoms with Gasteiger partial charge in [0.25, 0.3) is 0 Å². The third-order valence-electron chi connectivity index (χ3n) is 4.54. The van der Waals surface area contributed by atoms with E-state index in [1.54, 1.807) is 37.4 Å². The van der Waals surface area contributed by atoms with Crippen LogP contribution in [0.15, 0.2) is 45.8 Å². The molecule has 0 spiro atoms. The minimum absolute atomic E-state index is 0.257. The maximum absolute atomic E-state index is 12.3. The van der Waals surface area contributed by atoms with Gasteiger partial charge in [-0.25, -0.2) is 18.2 Å². The number of esters is 1. The van der Waals surface area contributed by atoms with Crippen LogP contribution in [0, 0.1) is 0 Å². The zero-order chi connectivity index (χ0) is 21.2. The quantitative estimate of drug-likeness (QED) is 0.482. The van der Waals surface area contributed by atoms with Gasteiger partial charge < -0.3 is 14.0 Å². The minimum Gasteiger partial charge on any atom is -0.465 e. The Kier molecular flexibility index (Phi) is 6.40. The van der Waals surface area contributed by atoms with E-state index in [0.29, 0.717) is 46.5 Å². The first-order valence-corrected chi connectivity index (χ1v) is 11.5. The van der Waals surface area contributed by atoms with Crippen LogP contribution < -0.4 is 0 Å². The van der Waals surface area contributed by atoms with Crippen molar-refractivity contribution in [2.45, 2.75) is 17.9 Å². The van der Waals surface area contributed by atoms with E-state index in [9.17, 15) is 13.2 Å². The number of benzene rings is 2. The van der Waals surface area contributed by atoms with Crippen molar-refractivity contribution in [3.05, 3.63) is 57.8 Å². The molecule has 1 aromatic heterocycles. The Morgan fingerprint density at radius 3 is 2.59 bits per heavy atom.